The number of aromatic nitrogens is 1. The summed E-state index contributed by atoms with van der Waals surface area (Å²) >= 11 is 3.35. The first-order chi connectivity index (χ1) is 4.33. The van der Waals surface area contributed by atoms with Crippen LogP contribution in [0.2, 0.25) is 0 Å². The van der Waals surface area contributed by atoms with Crippen molar-refractivity contribution in [3.05, 3.63) is 29.6 Å². The Balaban J connectivity index is 2.94. The molecular weight excluding hydrogens is 178 g/mol. The molecule has 0 saturated heterocycles. The molecule has 0 aromatic carbocycles. The number of hydrogen-bond acceptors (Lipinski definition) is 1. The van der Waals surface area contributed by atoms with Crippen LogP contribution in [0.5, 0.6) is 0 Å². The van der Waals surface area contributed by atoms with Gasteiger partial charge >= 0.3 is 0 Å². The van der Waals surface area contributed by atoms with E-state index in [0.29, 0.717) is 0 Å². The molecule has 1 heterocycles. The smallest absolute Gasteiger partial charge is 0.0308 e. The molecule has 0 atom stereocenters. The van der Waals surface area contributed by atoms with Crippen molar-refractivity contribution in [3.63, 3.8) is 0 Å². The van der Waals surface area contributed by atoms with E-state index in [1.165, 1.54) is 11.1 Å². The van der Waals surface area contributed by atoms with Crippen molar-refractivity contribution in [3.8, 4) is 0 Å². The van der Waals surface area contributed by atoms with E-state index >= 15 is 0 Å². The zero-order valence-electron chi connectivity index (χ0n) is 5.26. The van der Waals surface area contributed by atoms with Crippen molar-refractivity contribution in [1.82, 2.24) is 4.98 Å². The number of aryl methyl sites for hydroxylation is 1. The van der Waals surface area contributed by atoms with E-state index in [9.17, 15) is 0 Å². The average molecular weight is 186 g/mol. The van der Waals surface area contributed by atoms with E-state index in [1.54, 1.807) is 0 Å². The lowest BCUT2D eigenvalue weighted by atomic mass is 10.2. The maximum absolute atomic E-state index is 4.03. The van der Waals surface area contributed by atoms with Gasteiger partial charge in [0.1, 0.15) is 0 Å². The standard InChI is InChI=1S/C7H8BrN/c1-6-2-7(3-8)5-9-4-6/h2,4-5H,3H2,1H3. The molecule has 0 aliphatic rings. The van der Waals surface area contributed by atoms with Crippen LogP contribution in [0.15, 0.2) is 18.5 Å². The predicted octanol–water partition coefficient (Wildman–Crippen LogP) is 2.28. The maximum Gasteiger partial charge on any atom is 0.0308 e. The molecule has 0 bridgehead atoms. The molecule has 0 spiro atoms. The van der Waals surface area contributed by atoms with E-state index < -0.39 is 0 Å². The van der Waals surface area contributed by atoms with Gasteiger partial charge in [-0.2, -0.15) is 0 Å². The Hall–Kier alpha value is -0.370. The lowest BCUT2D eigenvalue weighted by Gasteiger charge is -1.93. The van der Waals surface area contributed by atoms with Gasteiger partial charge in [-0.25, -0.2) is 0 Å². The van der Waals surface area contributed by atoms with Gasteiger partial charge in [-0.1, -0.05) is 22.0 Å². The molecule has 0 aliphatic heterocycles. The molecule has 1 nitrogen and oxygen atoms in total. The normalized spacial score (nSPS) is 9.56. The van der Waals surface area contributed by atoms with Crippen molar-refractivity contribution in [2.24, 2.45) is 0 Å². The van der Waals surface area contributed by atoms with Crippen LogP contribution >= 0.6 is 15.9 Å². The van der Waals surface area contributed by atoms with Crippen molar-refractivity contribution in [2.75, 3.05) is 0 Å². The first-order valence-electron chi connectivity index (χ1n) is 2.79. The van der Waals surface area contributed by atoms with E-state index in [4.69, 9.17) is 0 Å². The Kier molecular flexibility index (Phi) is 2.22. The second-order valence-corrected chi connectivity index (χ2v) is 2.56. The third kappa shape index (κ3) is 1.79. The number of rotatable bonds is 1. The SMILES string of the molecule is Cc1cncc(CBr)c1. The van der Waals surface area contributed by atoms with Crippen LogP contribution in [-0.2, 0) is 5.33 Å². The molecule has 2 heteroatoms. The highest BCUT2D eigenvalue weighted by Crippen LogP contribution is 2.04. The largest absolute Gasteiger partial charge is 0.264 e. The quantitative estimate of drug-likeness (QED) is 0.613. The van der Waals surface area contributed by atoms with Gasteiger partial charge in [0.25, 0.3) is 0 Å². The molecule has 1 aromatic heterocycles. The predicted molar refractivity (Wildman–Crippen MR) is 41.6 cm³/mol. The van der Waals surface area contributed by atoms with Gasteiger partial charge in [-0.05, 0) is 18.1 Å². The molecule has 0 saturated carbocycles. The first-order valence-corrected chi connectivity index (χ1v) is 3.91. The van der Waals surface area contributed by atoms with Crippen LogP contribution in [0.4, 0.5) is 0 Å². The molecule has 9 heavy (non-hydrogen) atoms. The summed E-state index contributed by atoms with van der Waals surface area (Å²) in [6.07, 6.45) is 3.72. The van der Waals surface area contributed by atoms with Gasteiger partial charge in [-0.3, -0.25) is 4.98 Å². The van der Waals surface area contributed by atoms with Crippen molar-refractivity contribution < 1.29 is 0 Å². The molecule has 1 aromatic rings. The summed E-state index contributed by atoms with van der Waals surface area (Å²) in [7, 11) is 0. The van der Waals surface area contributed by atoms with Gasteiger partial charge in [0, 0.05) is 17.7 Å². The van der Waals surface area contributed by atoms with Crippen molar-refractivity contribution in [1.29, 1.82) is 0 Å². The minimum absolute atomic E-state index is 0.891. The summed E-state index contributed by atoms with van der Waals surface area (Å²) in [5.74, 6) is 0. The molecule has 0 amide bonds. The van der Waals surface area contributed by atoms with E-state index in [0.717, 1.165) is 5.33 Å². The number of pyridine rings is 1. The highest BCUT2D eigenvalue weighted by Gasteiger charge is 1.88. The zero-order chi connectivity index (χ0) is 6.69. The van der Waals surface area contributed by atoms with Crippen LogP contribution in [0.1, 0.15) is 11.1 Å². The maximum atomic E-state index is 4.03. The average Bonchev–Trinajstić information content (AvgIpc) is 1.88. The number of halogens is 1. The van der Waals surface area contributed by atoms with Gasteiger partial charge in [-0.15, -0.1) is 0 Å². The molecule has 0 N–H and O–H groups in total. The van der Waals surface area contributed by atoms with Crippen molar-refractivity contribution in [2.45, 2.75) is 12.3 Å². The Morgan fingerprint density at radius 1 is 1.56 bits per heavy atom. The van der Waals surface area contributed by atoms with E-state index in [-0.39, 0.29) is 0 Å². The van der Waals surface area contributed by atoms with Crippen LogP contribution < -0.4 is 0 Å². The highest BCUT2D eigenvalue weighted by atomic mass is 79.9. The van der Waals surface area contributed by atoms with Crippen LogP contribution in [0.3, 0.4) is 0 Å². The fourth-order valence-electron chi connectivity index (χ4n) is 0.691. The highest BCUT2D eigenvalue weighted by molar-refractivity contribution is 9.08. The third-order valence-corrected chi connectivity index (χ3v) is 1.73. The van der Waals surface area contributed by atoms with Gasteiger partial charge in [0.05, 0.1) is 0 Å². The molecule has 1 rings (SSSR count). The summed E-state index contributed by atoms with van der Waals surface area (Å²) in [4.78, 5) is 4.03. The Labute approximate surface area is 63.2 Å². The lowest BCUT2D eigenvalue weighted by molar-refractivity contribution is 1.21. The minimum Gasteiger partial charge on any atom is -0.264 e. The van der Waals surface area contributed by atoms with Crippen LogP contribution in [0.25, 0.3) is 0 Å². The second kappa shape index (κ2) is 2.97. The van der Waals surface area contributed by atoms with Gasteiger partial charge in [0.2, 0.25) is 0 Å². The van der Waals surface area contributed by atoms with Gasteiger partial charge < -0.3 is 0 Å². The molecule has 0 radical (unpaired) electrons. The van der Waals surface area contributed by atoms with Gasteiger partial charge in [0.15, 0.2) is 0 Å². The summed E-state index contributed by atoms with van der Waals surface area (Å²) in [5, 5.41) is 0.891. The van der Waals surface area contributed by atoms with Crippen LogP contribution in [-0.4, -0.2) is 4.98 Å². The van der Waals surface area contributed by atoms with Crippen LogP contribution in [0, 0.1) is 6.92 Å². The number of nitrogens with zero attached hydrogens (tertiary/aromatic N) is 1. The minimum atomic E-state index is 0.891. The number of alkyl halides is 1. The van der Waals surface area contributed by atoms with E-state index in [2.05, 4.69) is 27.0 Å². The Bertz CT molecular complexity index is 198. The van der Waals surface area contributed by atoms with Crippen molar-refractivity contribution >= 4 is 15.9 Å². The fraction of sp³-hybridized carbons (Fsp3) is 0.286. The zero-order valence-corrected chi connectivity index (χ0v) is 6.85. The molecule has 0 aliphatic carbocycles. The summed E-state index contributed by atoms with van der Waals surface area (Å²) in [6.45, 7) is 2.04. The molecule has 0 fully saturated rings. The summed E-state index contributed by atoms with van der Waals surface area (Å²) < 4.78 is 0. The van der Waals surface area contributed by atoms with E-state index in [1.807, 2.05) is 19.3 Å². The fourth-order valence-corrected chi connectivity index (χ4v) is 0.997. The molecular formula is C7H8BrN. The third-order valence-electron chi connectivity index (χ3n) is 1.09. The molecule has 48 valence electrons. The first kappa shape index (κ1) is 6.75. The summed E-state index contributed by atoms with van der Waals surface area (Å²) in [5.41, 5.74) is 2.45. The Morgan fingerprint density at radius 3 is 2.78 bits per heavy atom. The topological polar surface area (TPSA) is 12.9 Å². The summed E-state index contributed by atoms with van der Waals surface area (Å²) in [6, 6.07) is 2.11. The number of hydrogen-bond donors (Lipinski definition) is 0. The monoisotopic (exact) mass is 185 g/mol. The Morgan fingerprint density at radius 2 is 2.33 bits per heavy atom. The second-order valence-electron chi connectivity index (χ2n) is 2.00. The molecule has 0 unspecified atom stereocenters. The lowest BCUT2D eigenvalue weighted by Crippen LogP contribution is -1.81.